The Bertz CT molecular complexity index is 697. The lowest BCUT2D eigenvalue weighted by atomic mass is 10.2. The largest absolute Gasteiger partial charge is 0.389 e. The Morgan fingerprint density at radius 3 is 2.65 bits per heavy atom. The Morgan fingerprint density at radius 2 is 2.15 bits per heavy atom. The van der Waals surface area contributed by atoms with Gasteiger partial charge in [0.1, 0.15) is 15.7 Å². The highest BCUT2D eigenvalue weighted by atomic mass is 32.1. The highest BCUT2D eigenvalue weighted by molar-refractivity contribution is 7.80. The number of hydrogen-bond acceptors (Lipinski definition) is 4. The number of thiazole rings is 1. The van der Waals surface area contributed by atoms with E-state index in [4.69, 9.17) is 18.0 Å². The lowest BCUT2D eigenvalue weighted by molar-refractivity contribution is 0.102. The normalized spacial score (nSPS) is 10.3. The summed E-state index contributed by atoms with van der Waals surface area (Å²) >= 11 is 6.04. The third kappa shape index (κ3) is 3.00. The summed E-state index contributed by atoms with van der Waals surface area (Å²) in [5, 5.41) is 3.31. The fourth-order valence-corrected chi connectivity index (χ4v) is 2.63. The number of hydrogen-bond donors (Lipinski definition) is 2. The van der Waals surface area contributed by atoms with Crippen molar-refractivity contribution in [3.05, 3.63) is 45.2 Å². The molecule has 1 amide bonds. The number of halogens is 1. The van der Waals surface area contributed by atoms with E-state index < -0.39 is 5.82 Å². The summed E-state index contributed by atoms with van der Waals surface area (Å²) in [5.74, 6) is -0.961. The third-order valence-electron chi connectivity index (χ3n) is 2.61. The molecular weight excluding hydrogens is 297 g/mol. The van der Waals surface area contributed by atoms with Crippen molar-refractivity contribution in [3.8, 4) is 0 Å². The molecule has 0 unspecified atom stereocenters. The quantitative estimate of drug-likeness (QED) is 0.856. The molecule has 0 saturated heterocycles. The molecule has 3 N–H and O–H groups in total. The molecule has 1 aromatic heterocycles. The highest BCUT2D eigenvalue weighted by Gasteiger charge is 2.15. The third-order valence-corrected chi connectivity index (χ3v) is 3.92. The van der Waals surface area contributed by atoms with Crippen LogP contribution in [0.3, 0.4) is 0 Å². The average molecular weight is 309 g/mol. The molecule has 1 aromatic carbocycles. The van der Waals surface area contributed by atoms with Crippen molar-refractivity contribution in [2.45, 2.75) is 13.8 Å². The summed E-state index contributed by atoms with van der Waals surface area (Å²) in [4.78, 5) is 16.8. The van der Waals surface area contributed by atoms with Crippen LogP contribution in [0.2, 0.25) is 0 Å². The van der Waals surface area contributed by atoms with Crippen LogP contribution in [0.15, 0.2) is 18.2 Å². The number of nitrogens with two attached hydrogens (primary N) is 1. The summed E-state index contributed by atoms with van der Waals surface area (Å²) in [6.07, 6.45) is 0. The van der Waals surface area contributed by atoms with Gasteiger partial charge in [0.25, 0.3) is 5.91 Å². The monoisotopic (exact) mass is 309 g/mol. The zero-order valence-corrected chi connectivity index (χ0v) is 12.5. The fourth-order valence-electron chi connectivity index (χ4n) is 1.69. The molecule has 0 bridgehead atoms. The predicted molar refractivity (Wildman–Crippen MR) is 81.8 cm³/mol. The lowest BCUT2D eigenvalue weighted by Gasteiger charge is -2.07. The van der Waals surface area contributed by atoms with Crippen molar-refractivity contribution in [1.82, 2.24) is 4.98 Å². The first-order valence-corrected chi connectivity index (χ1v) is 6.95. The molecule has 0 saturated carbocycles. The number of carbonyl (C=O) groups is 1. The van der Waals surface area contributed by atoms with E-state index in [9.17, 15) is 9.18 Å². The topological polar surface area (TPSA) is 68.0 Å². The van der Waals surface area contributed by atoms with E-state index in [2.05, 4.69) is 10.3 Å². The van der Waals surface area contributed by atoms with Crippen molar-refractivity contribution in [3.63, 3.8) is 0 Å². The van der Waals surface area contributed by atoms with E-state index in [0.717, 1.165) is 5.01 Å². The Labute approximate surface area is 124 Å². The van der Waals surface area contributed by atoms with Gasteiger partial charge < -0.3 is 11.1 Å². The van der Waals surface area contributed by atoms with Crippen LogP contribution in [0.5, 0.6) is 0 Å². The second-order valence-electron chi connectivity index (χ2n) is 4.16. The zero-order valence-electron chi connectivity index (χ0n) is 10.9. The van der Waals surface area contributed by atoms with Crippen molar-refractivity contribution in [2.24, 2.45) is 5.73 Å². The number of benzene rings is 1. The molecule has 0 spiro atoms. The van der Waals surface area contributed by atoms with Gasteiger partial charge in [0.05, 0.1) is 16.4 Å². The fraction of sp³-hybridized carbons (Fsp3) is 0.154. The van der Waals surface area contributed by atoms with Crippen LogP contribution < -0.4 is 11.1 Å². The number of carbonyl (C=O) groups excluding carboxylic acids is 1. The van der Waals surface area contributed by atoms with Crippen LogP contribution in [0, 0.1) is 19.7 Å². The molecule has 104 valence electrons. The van der Waals surface area contributed by atoms with E-state index in [0.29, 0.717) is 16.1 Å². The summed E-state index contributed by atoms with van der Waals surface area (Å²) in [6, 6.07) is 4.19. The molecule has 2 rings (SSSR count). The maximum Gasteiger partial charge on any atom is 0.267 e. The minimum Gasteiger partial charge on any atom is -0.389 e. The van der Waals surface area contributed by atoms with Crippen LogP contribution >= 0.6 is 23.6 Å². The molecule has 0 aliphatic rings. The first kappa shape index (κ1) is 14.5. The Hall–Kier alpha value is -1.86. The Kier molecular flexibility index (Phi) is 4.10. The van der Waals surface area contributed by atoms with Gasteiger partial charge >= 0.3 is 0 Å². The van der Waals surface area contributed by atoms with Gasteiger partial charge in [0.15, 0.2) is 0 Å². The molecule has 0 radical (unpaired) electrons. The predicted octanol–water partition coefficient (Wildman–Crippen LogP) is 2.79. The Morgan fingerprint density at radius 1 is 1.45 bits per heavy atom. The van der Waals surface area contributed by atoms with E-state index >= 15 is 0 Å². The summed E-state index contributed by atoms with van der Waals surface area (Å²) < 4.78 is 13.9. The van der Waals surface area contributed by atoms with E-state index in [1.54, 1.807) is 13.0 Å². The molecule has 2 aromatic rings. The number of nitrogens with one attached hydrogen (secondary N) is 1. The standard InChI is InChI=1S/C13H12FN3OS2/c1-6-11(20-7(2)16-6)13(18)17-10-4-3-8(12(15)19)5-9(10)14/h3-5H,1-2H3,(H2,15,19)(H,17,18). The molecular formula is C13H12FN3OS2. The number of amides is 1. The Balaban J connectivity index is 2.24. The SMILES string of the molecule is Cc1nc(C)c(C(=O)Nc2ccc(C(N)=S)cc2F)s1. The second kappa shape index (κ2) is 5.64. The van der Waals surface area contributed by atoms with E-state index in [1.165, 1.54) is 23.5 Å². The van der Waals surface area contributed by atoms with E-state index in [1.807, 2.05) is 6.92 Å². The zero-order chi connectivity index (χ0) is 14.9. The van der Waals surface area contributed by atoms with Gasteiger partial charge in [-0.05, 0) is 32.0 Å². The van der Waals surface area contributed by atoms with Gasteiger partial charge in [-0.15, -0.1) is 11.3 Å². The van der Waals surface area contributed by atoms with Gasteiger partial charge in [-0.1, -0.05) is 12.2 Å². The molecule has 0 atom stereocenters. The molecule has 20 heavy (non-hydrogen) atoms. The van der Waals surface area contributed by atoms with Gasteiger partial charge in [-0.25, -0.2) is 9.37 Å². The van der Waals surface area contributed by atoms with Gasteiger partial charge in [0, 0.05) is 5.56 Å². The highest BCUT2D eigenvalue weighted by Crippen LogP contribution is 2.21. The number of anilines is 1. The molecule has 0 aliphatic carbocycles. The number of aromatic nitrogens is 1. The molecule has 1 heterocycles. The smallest absolute Gasteiger partial charge is 0.267 e. The van der Waals surface area contributed by atoms with E-state index in [-0.39, 0.29) is 16.6 Å². The minimum atomic E-state index is -0.581. The van der Waals surface area contributed by atoms with Crippen molar-refractivity contribution in [1.29, 1.82) is 0 Å². The van der Waals surface area contributed by atoms with Crippen LogP contribution in [0.25, 0.3) is 0 Å². The molecule has 7 heteroatoms. The first-order chi connectivity index (χ1) is 9.38. The summed E-state index contributed by atoms with van der Waals surface area (Å²) in [6.45, 7) is 3.55. The maximum absolute atomic E-state index is 13.9. The molecule has 4 nitrogen and oxygen atoms in total. The van der Waals surface area contributed by atoms with Crippen LogP contribution in [0.4, 0.5) is 10.1 Å². The first-order valence-electron chi connectivity index (χ1n) is 5.73. The lowest BCUT2D eigenvalue weighted by Crippen LogP contribution is -2.14. The summed E-state index contributed by atoms with van der Waals surface area (Å²) in [5.41, 5.74) is 6.55. The van der Waals surface area contributed by atoms with Crippen molar-refractivity contribution < 1.29 is 9.18 Å². The second-order valence-corrected chi connectivity index (χ2v) is 5.80. The van der Waals surface area contributed by atoms with Gasteiger partial charge in [-0.2, -0.15) is 0 Å². The minimum absolute atomic E-state index is 0.0838. The number of rotatable bonds is 3. The van der Waals surface area contributed by atoms with Gasteiger partial charge in [0.2, 0.25) is 0 Å². The summed E-state index contributed by atoms with van der Waals surface area (Å²) in [7, 11) is 0. The molecule has 0 aliphatic heterocycles. The van der Waals surface area contributed by atoms with Crippen LogP contribution in [-0.2, 0) is 0 Å². The number of aryl methyl sites for hydroxylation is 2. The average Bonchev–Trinajstić information content (AvgIpc) is 2.70. The number of nitrogens with zero attached hydrogens (tertiary/aromatic N) is 1. The van der Waals surface area contributed by atoms with Crippen LogP contribution in [0.1, 0.15) is 25.9 Å². The molecule has 0 fully saturated rings. The maximum atomic E-state index is 13.9. The van der Waals surface area contributed by atoms with Crippen molar-refractivity contribution >= 4 is 40.1 Å². The van der Waals surface area contributed by atoms with Gasteiger partial charge in [-0.3, -0.25) is 4.79 Å². The number of thiocarbonyl (C=S) groups is 1. The van der Waals surface area contributed by atoms with Crippen LogP contribution in [-0.4, -0.2) is 15.9 Å². The van der Waals surface area contributed by atoms with Crippen molar-refractivity contribution in [2.75, 3.05) is 5.32 Å².